The monoisotopic (exact) mass is 424 g/mol. The molecule has 0 fully saturated rings. The lowest BCUT2D eigenvalue weighted by Gasteiger charge is -2.23. The molecule has 0 aliphatic heterocycles. The van der Waals surface area contributed by atoms with Gasteiger partial charge in [-0.1, -0.05) is 49.7 Å². The maximum atomic E-state index is 12.6. The molecule has 0 bridgehead atoms. The van der Waals surface area contributed by atoms with Crippen LogP contribution in [-0.2, 0) is 4.79 Å². The van der Waals surface area contributed by atoms with E-state index in [4.69, 9.17) is 11.6 Å². The van der Waals surface area contributed by atoms with Gasteiger partial charge in [0.25, 0.3) is 0 Å². The van der Waals surface area contributed by atoms with Crippen LogP contribution < -0.4 is 10.4 Å². The van der Waals surface area contributed by atoms with E-state index in [1.165, 1.54) is 6.07 Å². The first-order valence-corrected chi connectivity index (χ1v) is 10.2. The highest BCUT2D eigenvalue weighted by Gasteiger charge is 2.20. The van der Waals surface area contributed by atoms with Crippen LogP contribution in [0.25, 0.3) is 11.0 Å². The number of hydrogen-bond donors (Lipinski definition) is 1. The molecule has 1 aromatic carbocycles. The van der Waals surface area contributed by atoms with Gasteiger partial charge in [-0.3, -0.25) is 4.79 Å². The normalized spacial score (nSPS) is 12.1. The Balaban J connectivity index is 1.93. The number of anilines is 1. The Hall–Kier alpha value is -2.99. The van der Waals surface area contributed by atoms with Gasteiger partial charge in [-0.15, -0.1) is 0 Å². The zero-order valence-electron chi connectivity index (χ0n) is 16.9. The molecule has 156 valence electrons. The first-order valence-electron chi connectivity index (χ1n) is 9.85. The van der Waals surface area contributed by atoms with Crippen LogP contribution in [0.15, 0.2) is 48.5 Å². The van der Waals surface area contributed by atoms with Crippen LogP contribution in [-0.4, -0.2) is 21.7 Å². The van der Waals surface area contributed by atoms with Crippen LogP contribution in [0.1, 0.15) is 55.1 Å². The van der Waals surface area contributed by atoms with Crippen molar-refractivity contribution in [2.24, 2.45) is 5.92 Å². The molecule has 0 spiro atoms. The first-order chi connectivity index (χ1) is 14.3. The minimum atomic E-state index is -1.29. The summed E-state index contributed by atoms with van der Waals surface area (Å²) in [5.41, 5.74) is 0.996. The van der Waals surface area contributed by atoms with E-state index in [-0.39, 0.29) is 17.8 Å². The Labute approximate surface area is 180 Å². The molecule has 0 radical (unpaired) electrons. The zero-order chi connectivity index (χ0) is 21.7. The number of hydrogen-bond acceptors (Lipinski definition) is 6. The van der Waals surface area contributed by atoms with E-state index >= 15 is 0 Å². The molecule has 1 N–H and O–H groups in total. The van der Waals surface area contributed by atoms with Gasteiger partial charge in [-0.25, -0.2) is 9.97 Å². The highest BCUT2D eigenvalue weighted by Crippen LogP contribution is 2.27. The third kappa shape index (κ3) is 5.54. The van der Waals surface area contributed by atoms with Gasteiger partial charge in [0, 0.05) is 23.8 Å². The van der Waals surface area contributed by atoms with Gasteiger partial charge in [0.1, 0.15) is 16.8 Å². The molecule has 1 atom stereocenters. The van der Waals surface area contributed by atoms with E-state index in [9.17, 15) is 14.7 Å². The van der Waals surface area contributed by atoms with Crippen molar-refractivity contribution in [3.05, 3.63) is 64.8 Å². The molecule has 30 heavy (non-hydrogen) atoms. The van der Waals surface area contributed by atoms with Crippen molar-refractivity contribution in [3.63, 3.8) is 0 Å². The average molecular weight is 425 g/mol. The fourth-order valence-corrected chi connectivity index (χ4v) is 3.38. The number of carboxylic acid groups (broad SMARTS) is 1. The number of benzene rings is 1. The van der Waals surface area contributed by atoms with Crippen molar-refractivity contribution >= 4 is 40.2 Å². The molecule has 7 heteroatoms. The number of carbonyl (C=O) groups is 2. The number of pyridine rings is 2. The van der Waals surface area contributed by atoms with Crippen LogP contribution in [0, 0.1) is 5.92 Å². The Kier molecular flexibility index (Phi) is 7.00. The predicted octanol–water partition coefficient (Wildman–Crippen LogP) is 4.20. The van der Waals surface area contributed by atoms with Crippen molar-refractivity contribution in [1.29, 1.82) is 0 Å². The van der Waals surface area contributed by atoms with Crippen molar-refractivity contribution in [1.82, 2.24) is 9.97 Å². The summed E-state index contributed by atoms with van der Waals surface area (Å²) in [6.45, 7) is 4.12. The van der Waals surface area contributed by atoms with E-state index in [1.807, 2.05) is 12.1 Å². The fraction of sp³-hybridized carbons (Fsp3) is 0.304. The summed E-state index contributed by atoms with van der Waals surface area (Å²) in [6, 6.07) is 13.1. The number of fused-ring (bicyclic) bond motifs is 1. The molecular weight excluding hydrogens is 402 g/mol. The maximum absolute atomic E-state index is 12.6. The molecule has 0 aliphatic rings. The van der Waals surface area contributed by atoms with Gasteiger partial charge < -0.3 is 15.2 Å². The van der Waals surface area contributed by atoms with E-state index in [0.717, 1.165) is 11.8 Å². The number of rotatable bonds is 9. The Morgan fingerprint density at radius 1 is 1.07 bits per heavy atom. The summed E-state index contributed by atoms with van der Waals surface area (Å²) in [5, 5.41) is 16.0. The molecule has 3 aromatic rings. The first kappa shape index (κ1) is 21.7. The number of nitrogens with one attached hydrogen (secondary N) is 1. The number of aromatic carboxylic acids is 1. The van der Waals surface area contributed by atoms with Gasteiger partial charge in [-0.2, -0.15) is 0 Å². The van der Waals surface area contributed by atoms with Crippen LogP contribution in [0.2, 0.25) is 5.15 Å². The van der Waals surface area contributed by atoms with Crippen molar-refractivity contribution < 1.29 is 14.7 Å². The quantitative estimate of drug-likeness (QED) is 0.517. The van der Waals surface area contributed by atoms with Gasteiger partial charge in [-0.05, 0) is 42.2 Å². The topological polar surface area (TPSA) is 95.0 Å². The van der Waals surface area contributed by atoms with Crippen LogP contribution >= 0.6 is 11.6 Å². The van der Waals surface area contributed by atoms with Gasteiger partial charge >= 0.3 is 0 Å². The molecule has 2 aromatic heterocycles. The molecule has 0 saturated heterocycles. The van der Waals surface area contributed by atoms with Crippen LogP contribution in [0.3, 0.4) is 0 Å². The minimum absolute atomic E-state index is 0.0496. The SMILES string of the molecule is CC(C)CCC(=O)CC(Nc1ccc2ccc(Cl)nc2n1)c1ccccc1C(=O)[O-]. The Morgan fingerprint density at radius 3 is 2.53 bits per heavy atom. The van der Waals surface area contributed by atoms with Gasteiger partial charge in [0.2, 0.25) is 0 Å². The Morgan fingerprint density at radius 2 is 1.80 bits per heavy atom. The summed E-state index contributed by atoms with van der Waals surface area (Å²) in [4.78, 5) is 32.9. The van der Waals surface area contributed by atoms with E-state index in [0.29, 0.717) is 34.5 Å². The highest BCUT2D eigenvalue weighted by atomic mass is 35.5. The highest BCUT2D eigenvalue weighted by molar-refractivity contribution is 6.29. The predicted molar refractivity (Wildman–Crippen MR) is 115 cm³/mol. The second-order valence-electron chi connectivity index (χ2n) is 7.62. The Bertz CT molecular complexity index is 1070. The number of halogens is 1. The van der Waals surface area contributed by atoms with Crippen molar-refractivity contribution in [2.75, 3.05) is 5.32 Å². The van der Waals surface area contributed by atoms with Gasteiger partial charge in [0.15, 0.2) is 5.65 Å². The number of carbonyl (C=O) groups excluding carboxylic acids is 2. The molecule has 2 heterocycles. The summed E-state index contributed by atoms with van der Waals surface area (Å²) < 4.78 is 0. The summed E-state index contributed by atoms with van der Waals surface area (Å²) in [5.74, 6) is -0.343. The summed E-state index contributed by atoms with van der Waals surface area (Å²) >= 11 is 5.97. The lowest BCUT2D eigenvalue weighted by molar-refractivity contribution is -0.255. The summed E-state index contributed by atoms with van der Waals surface area (Å²) in [7, 11) is 0. The fourth-order valence-electron chi connectivity index (χ4n) is 3.24. The maximum Gasteiger partial charge on any atom is 0.163 e. The van der Waals surface area contributed by atoms with Crippen molar-refractivity contribution in [3.8, 4) is 0 Å². The third-order valence-electron chi connectivity index (χ3n) is 4.83. The number of nitrogens with zero attached hydrogens (tertiary/aromatic N) is 2. The van der Waals surface area contributed by atoms with Crippen LogP contribution in [0.5, 0.6) is 0 Å². The number of Topliss-reactive ketones (excluding diaryl/α,β-unsaturated/α-hetero) is 1. The average Bonchev–Trinajstić information content (AvgIpc) is 2.71. The lowest BCUT2D eigenvalue weighted by Crippen LogP contribution is -2.26. The zero-order valence-corrected chi connectivity index (χ0v) is 17.6. The van der Waals surface area contributed by atoms with E-state index < -0.39 is 12.0 Å². The molecule has 0 amide bonds. The van der Waals surface area contributed by atoms with Gasteiger partial charge in [0.05, 0.1) is 12.0 Å². The summed E-state index contributed by atoms with van der Waals surface area (Å²) in [6.07, 6.45) is 1.36. The number of carboxylic acids is 1. The molecule has 0 saturated carbocycles. The lowest BCUT2D eigenvalue weighted by atomic mass is 9.94. The van der Waals surface area contributed by atoms with E-state index in [2.05, 4.69) is 29.1 Å². The van der Waals surface area contributed by atoms with Crippen molar-refractivity contribution in [2.45, 2.75) is 39.2 Å². The minimum Gasteiger partial charge on any atom is -0.545 e. The molecule has 1 unspecified atom stereocenters. The second-order valence-corrected chi connectivity index (χ2v) is 8.01. The molecule has 6 nitrogen and oxygen atoms in total. The third-order valence-corrected chi connectivity index (χ3v) is 5.04. The van der Waals surface area contributed by atoms with E-state index in [1.54, 1.807) is 30.3 Å². The molecule has 0 aliphatic carbocycles. The molecule has 3 rings (SSSR count). The smallest absolute Gasteiger partial charge is 0.163 e. The second kappa shape index (κ2) is 9.67. The number of ketones is 1. The van der Waals surface area contributed by atoms with Crippen LogP contribution in [0.4, 0.5) is 5.82 Å². The molecular formula is C23H23ClN3O3-. The number of aromatic nitrogens is 2. The largest absolute Gasteiger partial charge is 0.545 e. The standard InChI is InChI=1S/C23H24ClN3O3/c1-14(2)7-10-16(28)13-19(17-5-3-4-6-18(17)23(29)30)25-21-12-9-15-8-11-20(24)26-22(15)27-21/h3-6,8-9,11-12,14,19H,7,10,13H2,1-2H3,(H,29,30)(H,25,26,27)/p-1.